The molecule has 4 aromatic carbocycles. The van der Waals surface area contributed by atoms with E-state index >= 15 is 0 Å². The van der Waals surface area contributed by atoms with Gasteiger partial charge in [-0.05, 0) is 70.2 Å². The smallest absolute Gasteiger partial charge is 0.0821 e. The van der Waals surface area contributed by atoms with Crippen molar-refractivity contribution in [2.45, 2.75) is 48.7 Å². The summed E-state index contributed by atoms with van der Waals surface area (Å²) in [6, 6.07) is 36.4. The number of ether oxygens (including phenoxy) is 2. The molecule has 0 spiro atoms. The van der Waals surface area contributed by atoms with Crippen molar-refractivity contribution in [2.75, 3.05) is 13.2 Å². The molecule has 0 N–H and O–H groups in total. The highest BCUT2D eigenvalue weighted by atomic mass is 16.6. The molecule has 2 nitrogen and oxygen atoms in total. The minimum Gasteiger partial charge on any atom is -0.373 e. The van der Waals surface area contributed by atoms with E-state index in [0.717, 1.165) is 38.9 Å². The Kier molecular flexibility index (Phi) is 4.45. The average Bonchev–Trinajstić information content (AvgIpc) is 3.87. The molecule has 4 aliphatic rings. The summed E-state index contributed by atoms with van der Waals surface area (Å²) in [6.45, 7) is 1.78. The van der Waals surface area contributed by atoms with Crippen LogP contribution < -0.4 is 0 Å². The van der Waals surface area contributed by atoms with Crippen LogP contribution in [-0.4, -0.2) is 25.4 Å². The van der Waals surface area contributed by atoms with Gasteiger partial charge in [-0.2, -0.15) is 0 Å². The minimum absolute atomic E-state index is 0.0295. The van der Waals surface area contributed by atoms with E-state index in [9.17, 15) is 0 Å². The van der Waals surface area contributed by atoms with Crippen molar-refractivity contribution in [1.29, 1.82) is 0 Å². The molecule has 8 rings (SSSR count). The Morgan fingerprint density at radius 1 is 0.472 bits per heavy atom. The Hall–Kier alpha value is -3.20. The van der Waals surface area contributed by atoms with E-state index in [2.05, 4.69) is 97.1 Å². The van der Waals surface area contributed by atoms with Gasteiger partial charge in [0.05, 0.1) is 25.4 Å². The van der Waals surface area contributed by atoms with E-state index < -0.39 is 0 Å². The number of epoxide rings is 2. The molecule has 4 aromatic rings. The molecular weight excluding hydrogens is 440 g/mol. The van der Waals surface area contributed by atoms with Crippen molar-refractivity contribution in [3.63, 3.8) is 0 Å². The summed E-state index contributed by atoms with van der Waals surface area (Å²) >= 11 is 0. The van der Waals surface area contributed by atoms with Gasteiger partial charge in [-0.15, -0.1) is 0 Å². The number of rotatable bonds is 7. The van der Waals surface area contributed by atoms with Gasteiger partial charge in [0, 0.05) is 10.8 Å². The van der Waals surface area contributed by atoms with E-state index in [1.807, 2.05) is 0 Å². The first-order valence-corrected chi connectivity index (χ1v) is 13.4. The molecule has 2 aliphatic carbocycles. The van der Waals surface area contributed by atoms with Crippen LogP contribution in [0.3, 0.4) is 0 Å². The monoisotopic (exact) mass is 470 g/mol. The zero-order valence-electron chi connectivity index (χ0n) is 20.5. The Morgan fingerprint density at radius 2 is 0.750 bits per heavy atom. The third kappa shape index (κ3) is 2.98. The van der Waals surface area contributed by atoms with Crippen LogP contribution in [-0.2, 0) is 20.3 Å². The fourth-order valence-corrected chi connectivity index (χ4v) is 7.59. The first-order chi connectivity index (χ1) is 17.8. The maximum atomic E-state index is 5.89. The molecule has 0 saturated carbocycles. The molecule has 36 heavy (non-hydrogen) atoms. The molecule has 2 aliphatic heterocycles. The summed E-state index contributed by atoms with van der Waals surface area (Å²) in [6.07, 6.45) is 5.01. The van der Waals surface area contributed by atoms with Crippen molar-refractivity contribution in [3.8, 4) is 22.3 Å². The summed E-state index contributed by atoms with van der Waals surface area (Å²) in [7, 11) is 0. The second-order valence-electron chi connectivity index (χ2n) is 11.2. The van der Waals surface area contributed by atoms with Gasteiger partial charge in [0.1, 0.15) is 0 Å². The zero-order valence-corrected chi connectivity index (χ0v) is 20.5. The van der Waals surface area contributed by atoms with Crippen LogP contribution in [0.1, 0.15) is 47.9 Å². The molecule has 2 heteroatoms. The van der Waals surface area contributed by atoms with E-state index in [-0.39, 0.29) is 10.8 Å². The molecule has 2 atom stereocenters. The standard InChI is InChI=1S/C34H30O2/c1-5-13-29-25(9-1)26-10-2-6-14-30(26)33(29,19-23-21-35-23)17-18-34(20-24-22-36-24)31-15-7-3-11-27(31)28-12-4-8-16-32(28)34/h1-16,23-24H,17-22H2. The van der Waals surface area contributed by atoms with E-state index in [1.165, 1.54) is 44.5 Å². The molecule has 0 aromatic heterocycles. The van der Waals surface area contributed by atoms with Crippen LogP contribution in [0.5, 0.6) is 0 Å². The molecule has 0 radical (unpaired) electrons. The van der Waals surface area contributed by atoms with Gasteiger partial charge >= 0.3 is 0 Å². The molecule has 0 amide bonds. The van der Waals surface area contributed by atoms with Crippen molar-refractivity contribution >= 4 is 0 Å². The Labute approximate surface area is 212 Å². The molecule has 178 valence electrons. The quantitative estimate of drug-likeness (QED) is 0.265. The van der Waals surface area contributed by atoms with Gasteiger partial charge in [-0.1, -0.05) is 97.1 Å². The first-order valence-electron chi connectivity index (χ1n) is 13.4. The van der Waals surface area contributed by atoms with Crippen LogP contribution >= 0.6 is 0 Å². The second kappa shape index (κ2) is 7.65. The van der Waals surface area contributed by atoms with Gasteiger partial charge in [0.2, 0.25) is 0 Å². The van der Waals surface area contributed by atoms with Gasteiger partial charge in [-0.25, -0.2) is 0 Å². The van der Waals surface area contributed by atoms with Crippen LogP contribution in [0.25, 0.3) is 22.3 Å². The molecule has 2 saturated heterocycles. The van der Waals surface area contributed by atoms with Crippen LogP contribution in [0.2, 0.25) is 0 Å². The number of hydrogen-bond donors (Lipinski definition) is 0. The Morgan fingerprint density at radius 3 is 1.03 bits per heavy atom. The van der Waals surface area contributed by atoms with Crippen molar-refractivity contribution in [2.24, 2.45) is 0 Å². The summed E-state index contributed by atoms with van der Waals surface area (Å²) in [5, 5.41) is 0. The highest BCUT2D eigenvalue weighted by molar-refractivity contribution is 5.82. The largest absolute Gasteiger partial charge is 0.373 e. The topological polar surface area (TPSA) is 25.1 Å². The first kappa shape index (κ1) is 20.9. The maximum Gasteiger partial charge on any atom is 0.0821 e. The van der Waals surface area contributed by atoms with Crippen molar-refractivity contribution < 1.29 is 9.47 Å². The Balaban J connectivity index is 1.30. The lowest BCUT2D eigenvalue weighted by Crippen LogP contribution is -2.34. The third-order valence-corrected chi connectivity index (χ3v) is 9.29. The Bertz CT molecular complexity index is 1270. The average molecular weight is 471 g/mol. The highest BCUT2D eigenvalue weighted by Crippen LogP contribution is 2.59. The van der Waals surface area contributed by atoms with Crippen molar-refractivity contribution in [1.82, 2.24) is 0 Å². The van der Waals surface area contributed by atoms with Crippen LogP contribution in [0, 0.1) is 0 Å². The second-order valence-corrected chi connectivity index (χ2v) is 11.2. The maximum absolute atomic E-state index is 5.89. The lowest BCUT2D eigenvalue weighted by atomic mass is 9.64. The highest BCUT2D eigenvalue weighted by Gasteiger charge is 2.51. The van der Waals surface area contributed by atoms with Crippen LogP contribution in [0.15, 0.2) is 97.1 Å². The molecular formula is C34H30O2. The van der Waals surface area contributed by atoms with Gasteiger partial charge in [-0.3, -0.25) is 0 Å². The van der Waals surface area contributed by atoms with Crippen LogP contribution in [0.4, 0.5) is 0 Å². The van der Waals surface area contributed by atoms with Crippen molar-refractivity contribution in [3.05, 3.63) is 119 Å². The lowest BCUT2D eigenvalue weighted by Gasteiger charge is -2.38. The van der Waals surface area contributed by atoms with Gasteiger partial charge in [0.15, 0.2) is 0 Å². The number of benzene rings is 4. The molecule has 0 bridgehead atoms. The fraction of sp³-hybridized carbons (Fsp3) is 0.294. The van der Waals surface area contributed by atoms with E-state index in [4.69, 9.17) is 9.47 Å². The normalized spacial score (nSPS) is 22.9. The lowest BCUT2D eigenvalue weighted by molar-refractivity contribution is 0.291. The number of fused-ring (bicyclic) bond motifs is 6. The van der Waals surface area contributed by atoms with E-state index in [1.54, 1.807) is 0 Å². The van der Waals surface area contributed by atoms with E-state index in [0.29, 0.717) is 12.2 Å². The summed E-state index contributed by atoms with van der Waals surface area (Å²) in [4.78, 5) is 0. The predicted octanol–water partition coefficient (Wildman–Crippen LogP) is 7.28. The zero-order chi connectivity index (χ0) is 23.7. The summed E-state index contributed by atoms with van der Waals surface area (Å²) < 4.78 is 11.8. The summed E-state index contributed by atoms with van der Waals surface area (Å²) in [5.74, 6) is 0. The third-order valence-electron chi connectivity index (χ3n) is 9.29. The fourth-order valence-electron chi connectivity index (χ4n) is 7.59. The van der Waals surface area contributed by atoms with Gasteiger partial charge < -0.3 is 9.47 Å². The molecule has 2 heterocycles. The molecule has 2 fully saturated rings. The SMILES string of the molecule is c1ccc2c(c1)-c1ccccc1C2(CCC1(CC2CO2)c2ccccc2-c2ccccc21)CC1CO1. The minimum atomic E-state index is -0.0295. The van der Waals surface area contributed by atoms with Gasteiger partial charge in [0.25, 0.3) is 0 Å². The molecule has 2 unspecified atom stereocenters. The predicted molar refractivity (Wildman–Crippen MR) is 143 cm³/mol. The number of hydrogen-bond acceptors (Lipinski definition) is 2. The summed E-state index contributed by atoms with van der Waals surface area (Å²) in [5.41, 5.74) is 11.5.